The number of anilines is 1. The monoisotopic (exact) mass is 360 g/mol. The first-order valence-corrected chi connectivity index (χ1v) is 8.22. The molecule has 1 fully saturated rings. The van der Waals surface area contributed by atoms with Crippen molar-refractivity contribution in [2.75, 3.05) is 11.4 Å². The summed E-state index contributed by atoms with van der Waals surface area (Å²) >= 11 is 0. The highest BCUT2D eigenvalue weighted by atomic mass is 19.4. The topological polar surface area (TPSA) is 61.9 Å². The molecule has 0 radical (unpaired) electrons. The second kappa shape index (κ2) is 6.12. The van der Waals surface area contributed by atoms with Gasteiger partial charge >= 0.3 is 6.18 Å². The predicted octanol–water partition coefficient (Wildman–Crippen LogP) is 3.68. The number of rotatable bonds is 2. The molecule has 1 aromatic carbocycles. The van der Waals surface area contributed by atoms with Crippen LogP contribution in [0.2, 0.25) is 0 Å². The molecule has 0 amide bonds. The van der Waals surface area contributed by atoms with Gasteiger partial charge in [0.25, 0.3) is 5.56 Å². The number of alkyl halides is 3. The minimum atomic E-state index is -4.42. The minimum absolute atomic E-state index is 0.224. The van der Waals surface area contributed by atoms with Crippen molar-refractivity contribution in [2.45, 2.75) is 25.1 Å². The first kappa shape index (κ1) is 16.6. The normalized spacial score (nSPS) is 17.8. The molecule has 0 bridgehead atoms. The summed E-state index contributed by atoms with van der Waals surface area (Å²) in [5, 5.41) is 0.508. The maximum absolute atomic E-state index is 12.7. The van der Waals surface area contributed by atoms with Gasteiger partial charge in [-0.05, 0) is 37.1 Å². The van der Waals surface area contributed by atoms with Crippen molar-refractivity contribution in [1.82, 2.24) is 15.0 Å². The van der Waals surface area contributed by atoms with Gasteiger partial charge in [0, 0.05) is 12.7 Å². The zero-order chi connectivity index (χ0) is 18.3. The van der Waals surface area contributed by atoms with Crippen LogP contribution in [-0.2, 0) is 6.18 Å². The lowest BCUT2D eigenvalue weighted by atomic mass is 10.2. The second-order valence-corrected chi connectivity index (χ2v) is 6.22. The van der Waals surface area contributed by atoms with Crippen LogP contribution in [0.3, 0.4) is 0 Å². The molecule has 0 aliphatic carbocycles. The van der Waals surface area contributed by atoms with Crippen molar-refractivity contribution < 1.29 is 13.2 Å². The van der Waals surface area contributed by atoms with E-state index >= 15 is 0 Å². The van der Waals surface area contributed by atoms with Gasteiger partial charge in [-0.2, -0.15) is 13.2 Å². The van der Waals surface area contributed by atoms with Gasteiger partial charge in [0.1, 0.15) is 11.6 Å². The fraction of sp³-hybridized carbons (Fsp3) is 0.278. The Morgan fingerprint density at radius 1 is 1.15 bits per heavy atom. The number of H-pyrrole nitrogens is 1. The van der Waals surface area contributed by atoms with Crippen LogP contribution in [0.25, 0.3) is 10.9 Å². The van der Waals surface area contributed by atoms with Crippen molar-refractivity contribution in [1.29, 1.82) is 0 Å². The van der Waals surface area contributed by atoms with Crippen molar-refractivity contribution in [3.05, 3.63) is 64.3 Å². The van der Waals surface area contributed by atoms with E-state index in [1.165, 1.54) is 6.07 Å². The molecule has 0 spiro atoms. The van der Waals surface area contributed by atoms with Crippen molar-refractivity contribution in [3.8, 4) is 0 Å². The Hall–Kier alpha value is -2.90. The van der Waals surface area contributed by atoms with Gasteiger partial charge < -0.3 is 9.88 Å². The van der Waals surface area contributed by atoms with Crippen molar-refractivity contribution >= 4 is 16.7 Å². The minimum Gasteiger partial charge on any atom is -0.346 e. The third-order valence-electron chi connectivity index (χ3n) is 4.57. The van der Waals surface area contributed by atoms with Gasteiger partial charge in [-0.1, -0.05) is 12.1 Å². The number of aromatic amines is 1. The van der Waals surface area contributed by atoms with Crippen LogP contribution < -0.4 is 10.5 Å². The quantitative estimate of drug-likeness (QED) is 0.757. The van der Waals surface area contributed by atoms with E-state index in [4.69, 9.17) is 0 Å². The van der Waals surface area contributed by atoms with Gasteiger partial charge in [0.2, 0.25) is 0 Å². The third kappa shape index (κ3) is 2.91. The lowest BCUT2D eigenvalue weighted by Gasteiger charge is -2.25. The Labute approximate surface area is 146 Å². The number of benzene rings is 1. The highest BCUT2D eigenvalue weighted by Gasteiger charge is 2.33. The molecule has 1 aliphatic heterocycles. The Bertz CT molecular complexity index is 998. The predicted molar refractivity (Wildman–Crippen MR) is 90.9 cm³/mol. The molecule has 4 rings (SSSR count). The third-order valence-corrected chi connectivity index (χ3v) is 4.57. The number of halogens is 3. The highest BCUT2D eigenvalue weighted by molar-refractivity contribution is 5.77. The van der Waals surface area contributed by atoms with Crippen LogP contribution in [0, 0.1) is 0 Å². The summed E-state index contributed by atoms with van der Waals surface area (Å²) in [7, 11) is 0. The van der Waals surface area contributed by atoms with E-state index in [-0.39, 0.29) is 11.6 Å². The van der Waals surface area contributed by atoms with E-state index in [0.29, 0.717) is 29.1 Å². The van der Waals surface area contributed by atoms with Crippen LogP contribution in [0.1, 0.15) is 30.3 Å². The second-order valence-electron chi connectivity index (χ2n) is 6.22. The number of fused-ring (bicyclic) bond motifs is 1. The number of pyridine rings is 1. The highest BCUT2D eigenvalue weighted by Crippen LogP contribution is 2.35. The van der Waals surface area contributed by atoms with Gasteiger partial charge in [-0.15, -0.1) is 0 Å². The van der Waals surface area contributed by atoms with Crippen LogP contribution in [0.4, 0.5) is 19.0 Å². The first-order chi connectivity index (χ1) is 12.4. The summed E-state index contributed by atoms with van der Waals surface area (Å²) in [5.41, 5.74) is -0.412. The van der Waals surface area contributed by atoms with Gasteiger partial charge in [0.15, 0.2) is 0 Å². The Balaban J connectivity index is 1.70. The van der Waals surface area contributed by atoms with E-state index < -0.39 is 11.7 Å². The summed E-state index contributed by atoms with van der Waals surface area (Å²) in [6.45, 7) is 0.638. The molecule has 3 aromatic rings. The molecule has 26 heavy (non-hydrogen) atoms. The molecule has 3 heterocycles. The number of nitrogens with one attached hydrogen (secondary N) is 1. The van der Waals surface area contributed by atoms with E-state index in [1.54, 1.807) is 18.2 Å². The molecule has 8 heteroatoms. The molecule has 134 valence electrons. The zero-order valence-electron chi connectivity index (χ0n) is 13.6. The fourth-order valence-corrected chi connectivity index (χ4v) is 3.31. The lowest BCUT2D eigenvalue weighted by Crippen LogP contribution is -2.27. The summed E-state index contributed by atoms with van der Waals surface area (Å²) in [6, 6.07) is 9.21. The number of nitrogens with zero attached hydrogens (tertiary/aromatic N) is 3. The molecule has 1 aliphatic rings. The number of hydrogen-bond donors (Lipinski definition) is 1. The van der Waals surface area contributed by atoms with E-state index in [0.717, 1.165) is 25.1 Å². The maximum Gasteiger partial charge on any atom is 0.417 e. The molecular formula is C18H15F3N4O. The molecule has 0 saturated carbocycles. The largest absolute Gasteiger partial charge is 0.417 e. The number of aromatic nitrogens is 3. The van der Waals surface area contributed by atoms with Crippen molar-refractivity contribution in [3.63, 3.8) is 0 Å². The van der Waals surface area contributed by atoms with Gasteiger partial charge in [0.05, 0.1) is 22.5 Å². The van der Waals surface area contributed by atoms with E-state index in [1.807, 2.05) is 11.0 Å². The average Bonchev–Trinajstić information content (AvgIpc) is 3.11. The Kier molecular flexibility index (Phi) is 3.90. The zero-order valence-corrected chi connectivity index (χ0v) is 13.6. The molecule has 5 nitrogen and oxygen atoms in total. The molecule has 1 unspecified atom stereocenters. The summed E-state index contributed by atoms with van der Waals surface area (Å²) in [4.78, 5) is 25.5. The average molecular weight is 360 g/mol. The van der Waals surface area contributed by atoms with E-state index in [9.17, 15) is 18.0 Å². The number of para-hydroxylation sites is 1. The molecule has 1 saturated heterocycles. The molecule has 2 aromatic heterocycles. The molecule has 1 N–H and O–H groups in total. The van der Waals surface area contributed by atoms with Crippen LogP contribution in [0.15, 0.2) is 47.4 Å². The van der Waals surface area contributed by atoms with Crippen molar-refractivity contribution in [2.24, 2.45) is 0 Å². The van der Waals surface area contributed by atoms with Crippen LogP contribution >= 0.6 is 0 Å². The van der Waals surface area contributed by atoms with Crippen LogP contribution in [0.5, 0.6) is 0 Å². The fourth-order valence-electron chi connectivity index (χ4n) is 3.31. The van der Waals surface area contributed by atoms with Crippen LogP contribution in [-0.4, -0.2) is 21.5 Å². The van der Waals surface area contributed by atoms with Gasteiger partial charge in [-0.25, -0.2) is 9.97 Å². The standard InChI is InChI=1S/C18H15F3N4O/c19-18(20,21)11-7-8-15(22-10-11)25-9-3-6-14(25)16-23-13-5-2-1-4-12(13)17(26)24-16/h1-2,4-5,7-8,10,14H,3,6,9H2,(H,23,24,26). The summed E-state index contributed by atoms with van der Waals surface area (Å²) in [5.74, 6) is 0.948. The lowest BCUT2D eigenvalue weighted by molar-refractivity contribution is -0.137. The van der Waals surface area contributed by atoms with Gasteiger partial charge in [-0.3, -0.25) is 4.79 Å². The molecule has 1 atom stereocenters. The summed E-state index contributed by atoms with van der Waals surface area (Å²) in [6.07, 6.45) is -2.00. The Morgan fingerprint density at radius 3 is 2.69 bits per heavy atom. The maximum atomic E-state index is 12.7. The smallest absolute Gasteiger partial charge is 0.346 e. The SMILES string of the molecule is O=c1[nH]c(C2CCCN2c2ccc(C(F)(F)F)cn2)nc2ccccc12. The first-order valence-electron chi connectivity index (χ1n) is 8.22. The Morgan fingerprint density at radius 2 is 1.96 bits per heavy atom. The van der Waals surface area contributed by atoms with E-state index in [2.05, 4.69) is 15.0 Å². The number of hydrogen-bond acceptors (Lipinski definition) is 4. The summed E-state index contributed by atoms with van der Waals surface area (Å²) < 4.78 is 38.2. The molecular weight excluding hydrogens is 345 g/mol.